The summed E-state index contributed by atoms with van der Waals surface area (Å²) in [5, 5.41) is 7.00. The number of thiophene rings is 1. The summed E-state index contributed by atoms with van der Waals surface area (Å²) in [6.45, 7) is 2.37. The molecule has 0 radical (unpaired) electrons. The van der Waals surface area contributed by atoms with E-state index in [1.807, 2.05) is 11.3 Å². The summed E-state index contributed by atoms with van der Waals surface area (Å²) >= 11 is 7.19. The smallest absolute Gasteiger partial charge is 0.188 e. The van der Waals surface area contributed by atoms with Crippen LogP contribution in [0.1, 0.15) is 23.8 Å². The first kappa shape index (κ1) is 19.7. The molecule has 156 valence electrons. The molecule has 6 rings (SSSR count). The fourth-order valence-electron chi connectivity index (χ4n) is 4.28. The molecule has 31 heavy (non-hydrogen) atoms. The van der Waals surface area contributed by atoms with Gasteiger partial charge in [0, 0.05) is 15.3 Å². The van der Waals surface area contributed by atoms with Crippen LogP contribution in [0.2, 0.25) is 0 Å². The predicted molar refractivity (Wildman–Crippen MR) is 139 cm³/mol. The summed E-state index contributed by atoms with van der Waals surface area (Å²) in [5.41, 5.74) is 4.98. The van der Waals surface area contributed by atoms with Crippen LogP contribution in [-0.4, -0.2) is 16.2 Å². The van der Waals surface area contributed by atoms with E-state index in [1.165, 1.54) is 41.7 Å². The Morgan fingerprint density at radius 1 is 1.00 bits per heavy atom. The van der Waals surface area contributed by atoms with Crippen molar-refractivity contribution in [2.24, 2.45) is 5.92 Å². The van der Waals surface area contributed by atoms with Gasteiger partial charge in [-0.15, -0.1) is 34.4 Å². The van der Waals surface area contributed by atoms with Crippen molar-refractivity contribution in [2.45, 2.75) is 31.1 Å². The lowest BCUT2D eigenvalue weighted by molar-refractivity contribution is 0.508. The average molecular weight is 480 g/mol. The monoisotopic (exact) mass is 479 g/mol. The van der Waals surface area contributed by atoms with E-state index in [1.54, 1.807) is 34.4 Å². The summed E-state index contributed by atoms with van der Waals surface area (Å²) in [4.78, 5) is 12.7. The highest BCUT2D eigenvalue weighted by Crippen LogP contribution is 2.48. The van der Waals surface area contributed by atoms with Crippen LogP contribution >= 0.6 is 45.8 Å². The van der Waals surface area contributed by atoms with E-state index in [-0.39, 0.29) is 0 Å². The third-order valence-corrected chi connectivity index (χ3v) is 9.77. The number of nitrogens with one attached hydrogen (secondary N) is 1. The molecule has 1 aliphatic carbocycles. The van der Waals surface area contributed by atoms with Crippen LogP contribution in [0.3, 0.4) is 0 Å². The van der Waals surface area contributed by atoms with Gasteiger partial charge in [-0.1, -0.05) is 36.5 Å². The zero-order chi connectivity index (χ0) is 20.9. The van der Waals surface area contributed by atoms with Crippen LogP contribution < -0.4 is 5.32 Å². The minimum atomic E-state index is 0.744. The van der Waals surface area contributed by atoms with Gasteiger partial charge in [0.1, 0.15) is 10.0 Å². The molecule has 3 aromatic heterocycles. The van der Waals surface area contributed by atoms with Gasteiger partial charge in [-0.3, -0.25) is 0 Å². The maximum atomic E-state index is 5.02. The van der Waals surface area contributed by atoms with E-state index in [0.717, 1.165) is 39.9 Å². The van der Waals surface area contributed by atoms with Crippen LogP contribution in [0.4, 0.5) is 10.1 Å². The van der Waals surface area contributed by atoms with Crippen molar-refractivity contribution >= 4 is 76.3 Å². The van der Waals surface area contributed by atoms with Crippen LogP contribution in [0.5, 0.6) is 0 Å². The summed E-state index contributed by atoms with van der Waals surface area (Å²) in [7, 11) is 0. The second-order valence-corrected chi connectivity index (χ2v) is 12.0. The van der Waals surface area contributed by atoms with E-state index < -0.39 is 0 Å². The van der Waals surface area contributed by atoms with Crippen molar-refractivity contribution in [3.8, 4) is 10.6 Å². The second kappa shape index (κ2) is 7.89. The van der Waals surface area contributed by atoms with Crippen molar-refractivity contribution in [3.05, 3.63) is 52.9 Å². The maximum Gasteiger partial charge on any atom is 0.188 e. The molecule has 0 saturated heterocycles. The average Bonchev–Trinajstić information content (AvgIpc) is 3.46. The molecule has 0 saturated carbocycles. The van der Waals surface area contributed by atoms with E-state index in [9.17, 15) is 0 Å². The molecule has 0 amide bonds. The lowest BCUT2D eigenvalue weighted by atomic mass is 9.88. The zero-order valence-electron chi connectivity index (χ0n) is 17.3. The lowest BCUT2D eigenvalue weighted by Gasteiger charge is -2.18. The Hall–Kier alpha value is -1.93. The molecule has 2 aromatic carbocycles. The quantitative estimate of drug-likeness (QED) is 0.263. The molecular weight excluding hydrogens is 459 g/mol. The molecule has 1 N–H and O–H groups in total. The molecule has 3 heterocycles. The Morgan fingerprint density at radius 2 is 1.87 bits per heavy atom. The minimum absolute atomic E-state index is 0.744. The molecule has 0 bridgehead atoms. The fraction of sp³-hybridized carbons (Fsp3) is 0.250. The molecular formula is C24H21N3S4. The highest BCUT2D eigenvalue weighted by atomic mass is 32.2. The second-order valence-electron chi connectivity index (χ2n) is 7.99. The number of hydrogen-bond acceptors (Lipinski definition) is 7. The predicted octanol–water partition coefficient (Wildman–Crippen LogP) is 8.22. The topological polar surface area (TPSA) is 37.8 Å². The number of hydrogen-bond donors (Lipinski definition) is 1. The molecule has 0 spiro atoms. The van der Waals surface area contributed by atoms with E-state index >= 15 is 0 Å². The van der Waals surface area contributed by atoms with Gasteiger partial charge in [0.25, 0.3) is 0 Å². The molecule has 5 aromatic rings. The van der Waals surface area contributed by atoms with Crippen LogP contribution in [0, 0.1) is 5.92 Å². The van der Waals surface area contributed by atoms with Gasteiger partial charge in [-0.2, -0.15) is 0 Å². The minimum Gasteiger partial charge on any atom is -0.323 e. The van der Waals surface area contributed by atoms with Crippen LogP contribution in [0.15, 0.2) is 47.4 Å². The lowest BCUT2D eigenvalue weighted by Crippen LogP contribution is -2.09. The van der Waals surface area contributed by atoms with Crippen molar-refractivity contribution < 1.29 is 0 Å². The van der Waals surface area contributed by atoms with Crippen molar-refractivity contribution in [2.75, 3.05) is 11.6 Å². The first-order chi connectivity index (χ1) is 15.2. The summed E-state index contributed by atoms with van der Waals surface area (Å²) in [6, 6.07) is 14.9. The zero-order valence-corrected chi connectivity index (χ0v) is 20.5. The number of fused-ring (bicyclic) bond motifs is 3. The van der Waals surface area contributed by atoms with Gasteiger partial charge >= 0.3 is 0 Å². The summed E-state index contributed by atoms with van der Waals surface area (Å²) in [5.74, 6) is 0.744. The third-order valence-electron chi connectivity index (χ3n) is 5.84. The van der Waals surface area contributed by atoms with Gasteiger partial charge in [0.2, 0.25) is 0 Å². The molecule has 3 nitrogen and oxygen atoms in total. The number of para-hydroxylation sites is 2. The number of thiazole rings is 2. The standard InChI is InChI=1S/C24H21N3S4/c1-13-10-11-14-19(12-13)30-23(20(14)22-25-15-6-3-4-7-16(15)29-22)27-24-26-21-17(28-2)8-5-9-18(21)31-24/h3-9,13H,10-12H2,1-2H3,(H,26,27). The number of aromatic nitrogens is 2. The molecule has 1 atom stereocenters. The number of rotatable bonds is 4. The van der Waals surface area contributed by atoms with Gasteiger partial charge in [-0.25, -0.2) is 9.97 Å². The number of thioether (sulfide) groups is 1. The maximum absolute atomic E-state index is 5.02. The normalized spacial score (nSPS) is 16.1. The van der Waals surface area contributed by atoms with Crippen molar-refractivity contribution in [1.82, 2.24) is 9.97 Å². The van der Waals surface area contributed by atoms with Gasteiger partial charge < -0.3 is 5.32 Å². The largest absolute Gasteiger partial charge is 0.323 e. The molecule has 0 fully saturated rings. The number of benzene rings is 2. The number of nitrogens with zero attached hydrogens (tertiary/aromatic N) is 2. The Balaban J connectivity index is 1.48. The van der Waals surface area contributed by atoms with E-state index in [4.69, 9.17) is 9.97 Å². The third kappa shape index (κ3) is 3.48. The highest BCUT2D eigenvalue weighted by molar-refractivity contribution is 7.98. The van der Waals surface area contributed by atoms with Gasteiger partial charge in [0.15, 0.2) is 5.13 Å². The van der Waals surface area contributed by atoms with Crippen molar-refractivity contribution in [1.29, 1.82) is 0 Å². The molecule has 0 aliphatic heterocycles. The SMILES string of the molecule is CSc1cccc2sc(Nc3sc4c(c3-c3nc5ccccc5s3)CCC(C)C4)nc12. The fourth-order valence-corrected chi connectivity index (χ4v) is 8.39. The van der Waals surface area contributed by atoms with E-state index in [0.29, 0.717) is 0 Å². The van der Waals surface area contributed by atoms with Gasteiger partial charge in [0.05, 0.1) is 20.4 Å². The molecule has 7 heteroatoms. The highest BCUT2D eigenvalue weighted by Gasteiger charge is 2.27. The Bertz CT molecular complexity index is 1380. The van der Waals surface area contributed by atoms with E-state index in [2.05, 4.69) is 61.0 Å². The van der Waals surface area contributed by atoms with Crippen molar-refractivity contribution in [3.63, 3.8) is 0 Å². The Morgan fingerprint density at radius 3 is 2.74 bits per heavy atom. The summed E-state index contributed by atoms with van der Waals surface area (Å²) < 4.78 is 2.48. The Labute approximate surface area is 197 Å². The van der Waals surface area contributed by atoms with Crippen LogP contribution in [0.25, 0.3) is 31.0 Å². The molecule has 1 unspecified atom stereocenters. The first-order valence-corrected chi connectivity index (χ1v) is 14.1. The first-order valence-electron chi connectivity index (χ1n) is 10.4. The summed E-state index contributed by atoms with van der Waals surface area (Å²) in [6.07, 6.45) is 5.66. The number of anilines is 2. The Kier molecular flexibility index (Phi) is 5.02. The molecule has 1 aliphatic rings. The van der Waals surface area contributed by atoms with Gasteiger partial charge in [-0.05, 0) is 61.3 Å². The van der Waals surface area contributed by atoms with Crippen LogP contribution in [-0.2, 0) is 12.8 Å².